The van der Waals surface area contributed by atoms with Gasteiger partial charge in [0.1, 0.15) is 6.04 Å². The lowest BCUT2D eigenvalue weighted by Crippen LogP contribution is -2.49. The molecule has 0 saturated carbocycles. The van der Waals surface area contributed by atoms with E-state index < -0.39 is 6.04 Å². The first-order valence-corrected chi connectivity index (χ1v) is 11.4. The van der Waals surface area contributed by atoms with Crippen molar-refractivity contribution in [2.45, 2.75) is 44.2 Å². The van der Waals surface area contributed by atoms with E-state index in [9.17, 15) is 9.59 Å². The molecular weight excluding hydrogens is 427 g/mol. The molecule has 0 unspecified atom stereocenters. The molecule has 2 aromatic rings. The van der Waals surface area contributed by atoms with Gasteiger partial charge in [-0.25, -0.2) is 0 Å². The van der Waals surface area contributed by atoms with Gasteiger partial charge in [0.2, 0.25) is 11.8 Å². The van der Waals surface area contributed by atoms with Gasteiger partial charge >= 0.3 is 0 Å². The van der Waals surface area contributed by atoms with Gasteiger partial charge in [-0.2, -0.15) is 0 Å². The Morgan fingerprint density at radius 1 is 1.03 bits per heavy atom. The molecule has 2 amide bonds. The highest BCUT2D eigenvalue weighted by atomic mass is 35.5. The zero-order valence-electron chi connectivity index (χ0n) is 16.7. The highest BCUT2D eigenvalue weighted by molar-refractivity contribution is 7.99. The Balaban J connectivity index is 2.18. The van der Waals surface area contributed by atoms with Gasteiger partial charge in [-0.05, 0) is 37.6 Å². The quantitative estimate of drug-likeness (QED) is 0.489. The van der Waals surface area contributed by atoms with Crippen LogP contribution in [0, 0.1) is 0 Å². The normalized spacial score (nSPS) is 11.7. The van der Waals surface area contributed by atoms with Crippen LogP contribution in [0.15, 0.2) is 53.4 Å². The summed E-state index contributed by atoms with van der Waals surface area (Å²) in [4.78, 5) is 28.4. The SMILES string of the molecule is CCNC(=O)[C@@H](CC)N(Cc1c(Cl)cccc1Cl)C(=O)CCSc1ccccc1. The fourth-order valence-electron chi connectivity index (χ4n) is 2.98. The fourth-order valence-corrected chi connectivity index (χ4v) is 4.36. The van der Waals surface area contributed by atoms with Crippen LogP contribution in [0.4, 0.5) is 0 Å². The van der Waals surface area contributed by atoms with Gasteiger partial charge < -0.3 is 10.2 Å². The average Bonchev–Trinajstić information content (AvgIpc) is 2.71. The Hall–Kier alpha value is -1.69. The molecular formula is C22H26Cl2N2O2S. The number of carbonyl (C=O) groups excluding carboxylic acids is 2. The Labute approximate surface area is 187 Å². The molecule has 0 aliphatic rings. The number of thioether (sulfide) groups is 1. The molecule has 156 valence electrons. The van der Waals surface area contributed by atoms with E-state index in [4.69, 9.17) is 23.2 Å². The molecule has 29 heavy (non-hydrogen) atoms. The Bertz CT molecular complexity index is 797. The molecule has 0 spiro atoms. The second-order valence-electron chi connectivity index (χ2n) is 6.45. The summed E-state index contributed by atoms with van der Waals surface area (Å²) < 4.78 is 0. The minimum absolute atomic E-state index is 0.0949. The molecule has 0 aliphatic carbocycles. The van der Waals surface area contributed by atoms with Crippen molar-refractivity contribution in [3.05, 3.63) is 64.1 Å². The van der Waals surface area contributed by atoms with Crippen molar-refractivity contribution in [2.24, 2.45) is 0 Å². The van der Waals surface area contributed by atoms with Crippen LogP contribution in [-0.4, -0.2) is 35.1 Å². The molecule has 1 atom stereocenters. The van der Waals surface area contributed by atoms with Gasteiger partial charge in [-0.15, -0.1) is 11.8 Å². The van der Waals surface area contributed by atoms with E-state index in [1.54, 1.807) is 34.9 Å². The zero-order valence-corrected chi connectivity index (χ0v) is 19.0. The second kappa shape index (κ2) is 12.1. The summed E-state index contributed by atoms with van der Waals surface area (Å²) >= 11 is 14.3. The molecule has 0 saturated heterocycles. The van der Waals surface area contributed by atoms with Crippen LogP contribution in [0.5, 0.6) is 0 Å². The lowest BCUT2D eigenvalue weighted by atomic mass is 10.1. The molecule has 0 bridgehead atoms. The number of hydrogen-bond acceptors (Lipinski definition) is 3. The number of likely N-dealkylation sites (N-methyl/N-ethyl adjacent to an activating group) is 1. The lowest BCUT2D eigenvalue weighted by Gasteiger charge is -2.31. The van der Waals surface area contributed by atoms with E-state index in [2.05, 4.69) is 5.32 Å². The smallest absolute Gasteiger partial charge is 0.242 e. The Morgan fingerprint density at radius 2 is 1.69 bits per heavy atom. The fraction of sp³-hybridized carbons (Fsp3) is 0.364. The van der Waals surface area contributed by atoms with Gasteiger partial charge in [0.25, 0.3) is 0 Å². The monoisotopic (exact) mass is 452 g/mol. The Kier molecular flexibility index (Phi) is 9.85. The van der Waals surface area contributed by atoms with Crippen LogP contribution in [0.25, 0.3) is 0 Å². The standard InChI is InChI=1S/C22H26Cl2N2O2S/c1-3-20(22(28)25-4-2)26(15-17-18(23)11-8-12-19(17)24)21(27)13-14-29-16-9-6-5-7-10-16/h5-12,20H,3-4,13-15H2,1-2H3,(H,25,28)/t20-/m1/s1. The van der Waals surface area contributed by atoms with E-state index in [1.807, 2.05) is 44.2 Å². The number of nitrogens with zero attached hydrogens (tertiary/aromatic N) is 1. The molecule has 1 N–H and O–H groups in total. The third-order valence-corrected chi connectivity index (χ3v) is 6.18. The highest BCUT2D eigenvalue weighted by Gasteiger charge is 2.29. The van der Waals surface area contributed by atoms with Crippen molar-refractivity contribution < 1.29 is 9.59 Å². The summed E-state index contributed by atoms with van der Waals surface area (Å²) in [6.45, 7) is 4.46. The lowest BCUT2D eigenvalue weighted by molar-refractivity contribution is -0.141. The van der Waals surface area contributed by atoms with E-state index in [1.165, 1.54) is 0 Å². The number of hydrogen-bond donors (Lipinski definition) is 1. The molecule has 0 aliphatic heterocycles. The molecule has 0 radical (unpaired) electrons. The third kappa shape index (κ3) is 6.95. The number of nitrogens with one attached hydrogen (secondary N) is 1. The van der Waals surface area contributed by atoms with Crippen molar-refractivity contribution in [1.29, 1.82) is 0 Å². The predicted octanol–water partition coefficient (Wildman–Crippen LogP) is 5.42. The van der Waals surface area contributed by atoms with Crippen LogP contribution in [0.3, 0.4) is 0 Å². The molecule has 7 heteroatoms. The van der Waals surface area contributed by atoms with Gasteiger partial charge in [0.05, 0.1) is 0 Å². The molecule has 0 aromatic heterocycles. The van der Waals surface area contributed by atoms with E-state index in [-0.39, 0.29) is 18.4 Å². The topological polar surface area (TPSA) is 49.4 Å². The maximum atomic E-state index is 13.1. The van der Waals surface area contributed by atoms with Crippen LogP contribution in [0.2, 0.25) is 10.0 Å². The number of benzene rings is 2. The van der Waals surface area contributed by atoms with E-state index >= 15 is 0 Å². The van der Waals surface area contributed by atoms with Crippen LogP contribution < -0.4 is 5.32 Å². The summed E-state index contributed by atoms with van der Waals surface area (Å²) in [5, 5.41) is 3.80. The highest BCUT2D eigenvalue weighted by Crippen LogP contribution is 2.27. The van der Waals surface area contributed by atoms with Crippen molar-refractivity contribution >= 4 is 46.8 Å². The molecule has 4 nitrogen and oxygen atoms in total. The van der Waals surface area contributed by atoms with Gasteiger partial charge in [0, 0.05) is 45.8 Å². The first kappa shape index (κ1) is 23.6. The average molecular weight is 453 g/mol. The van der Waals surface area contributed by atoms with E-state index in [0.29, 0.717) is 40.7 Å². The minimum Gasteiger partial charge on any atom is -0.355 e. The summed E-state index contributed by atoms with van der Waals surface area (Å²) in [7, 11) is 0. The molecule has 2 aromatic carbocycles. The summed E-state index contributed by atoms with van der Waals surface area (Å²) in [5.74, 6) is 0.367. The largest absolute Gasteiger partial charge is 0.355 e. The van der Waals surface area contributed by atoms with Crippen molar-refractivity contribution in [2.75, 3.05) is 12.3 Å². The first-order valence-electron chi connectivity index (χ1n) is 9.65. The molecule has 0 fully saturated rings. The van der Waals surface area contributed by atoms with Crippen molar-refractivity contribution in [3.8, 4) is 0 Å². The third-order valence-electron chi connectivity index (χ3n) is 4.45. The van der Waals surface area contributed by atoms with E-state index in [0.717, 1.165) is 4.90 Å². The summed E-state index contributed by atoms with van der Waals surface area (Å²) in [6.07, 6.45) is 0.822. The van der Waals surface area contributed by atoms with Crippen LogP contribution in [-0.2, 0) is 16.1 Å². The number of rotatable bonds is 10. The summed E-state index contributed by atoms with van der Waals surface area (Å²) in [6, 6.07) is 14.6. The molecule has 0 heterocycles. The predicted molar refractivity (Wildman–Crippen MR) is 122 cm³/mol. The van der Waals surface area contributed by atoms with Crippen LogP contribution >= 0.6 is 35.0 Å². The number of amides is 2. The number of carbonyl (C=O) groups is 2. The second-order valence-corrected chi connectivity index (χ2v) is 8.43. The van der Waals surface area contributed by atoms with Crippen molar-refractivity contribution in [1.82, 2.24) is 10.2 Å². The Morgan fingerprint density at radius 3 is 2.28 bits per heavy atom. The maximum absolute atomic E-state index is 13.1. The van der Waals surface area contributed by atoms with Crippen LogP contribution in [0.1, 0.15) is 32.3 Å². The van der Waals surface area contributed by atoms with Gasteiger partial charge in [-0.3, -0.25) is 9.59 Å². The maximum Gasteiger partial charge on any atom is 0.242 e. The molecule has 2 rings (SSSR count). The van der Waals surface area contributed by atoms with Gasteiger partial charge in [-0.1, -0.05) is 54.4 Å². The summed E-state index contributed by atoms with van der Waals surface area (Å²) in [5.41, 5.74) is 0.655. The number of halogens is 2. The van der Waals surface area contributed by atoms with Gasteiger partial charge in [0.15, 0.2) is 0 Å². The minimum atomic E-state index is -0.573. The zero-order chi connectivity index (χ0) is 21.2. The first-order chi connectivity index (χ1) is 14.0. The van der Waals surface area contributed by atoms with Crippen molar-refractivity contribution in [3.63, 3.8) is 0 Å².